The molecule has 2 aromatic rings. The van der Waals surface area contributed by atoms with Gasteiger partial charge in [-0.25, -0.2) is 9.78 Å². The lowest BCUT2D eigenvalue weighted by Crippen LogP contribution is -2.40. The van der Waals surface area contributed by atoms with Crippen LogP contribution in [0, 0.1) is 0 Å². The minimum Gasteiger partial charge on any atom is -0.480 e. The van der Waals surface area contributed by atoms with E-state index >= 15 is 0 Å². The first-order valence-corrected chi connectivity index (χ1v) is 11.4. The number of benzene rings is 1. The fourth-order valence-corrected chi connectivity index (χ4v) is 3.92. The van der Waals surface area contributed by atoms with Crippen molar-refractivity contribution in [1.29, 1.82) is 0 Å². The van der Waals surface area contributed by atoms with Crippen molar-refractivity contribution in [3.63, 3.8) is 0 Å². The summed E-state index contributed by atoms with van der Waals surface area (Å²) in [7, 11) is 0. The van der Waals surface area contributed by atoms with Crippen LogP contribution in [0.15, 0.2) is 36.4 Å². The van der Waals surface area contributed by atoms with Gasteiger partial charge in [-0.2, -0.15) is 0 Å². The molecule has 0 spiro atoms. The number of aliphatic carboxylic acids is 1. The highest BCUT2D eigenvalue weighted by molar-refractivity contribution is 6.30. The zero-order valence-electron chi connectivity index (χ0n) is 17.7. The molecule has 2 heterocycles. The van der Waals surface area contributed by atoms with Crippen LogP contribution in [-0.2, 0) is 17.6 Å². The van der Waals surface area contributed by atoms with Crippen LogP contribution in [0.3, 0.4) is 0 Å². The number of halogens is 1. The molecule has 0 fully saturated rings. The number of carboxylic acid groups (broad SMARTS) is 1. The molecule has 0 saturated heterocycles. The average Bonchev–Trinajstić information content (AvgIpc) is 2.77. The summed E-state index contributed by atoms with van der Waals surface area (Å²) in [4.78, 5) is 28.5. The molecule has 0 saturated carbocycles. The summed E-state index contributed by atoms with van der Waals surface area (Å²) in [6, 6.07) is 9.84. The second-order valence-electron chi connectivity index (χ2n) is 8.02. The largest absolute Gasteiger partial charge is 0.480 e. The van der Waals surface area contributed by atoms with E-state index in [1.807, 2.05) is 0 Å². The Morgan fingerprint density at radius 3 is 2.58 bits per heavy atom. The van der Waals surface area contributed by atoms with Crippen molar-refractivity contribution in [2.75, 3.05) is 11.9 Å². The Morgan fingerprint density at radius 1 is 1.06 bits per heavy atom. The molecule has 1 atom stereocenters. The monoisotopic (exact) mass is 443 g/mol. The number of carbonyl (C=O) groups is 2. The number of anilines is 1. The van der Waals surface area contributed by atoms with Crippen LogP contribution in [-0.4, -0.2) is 34.6 Å². The quantitative estimate of drug-likeness (QED) is 0.431. The summed E-state index contributed by atoms with van der Waals surface area (Å²) in [5.74, 6) is -0.352. The lowest BCUT2D eigenvalue weighted by molar-refractivity contribution is -0.139. The maximum Gasteiger partial charge on any atom is 0.326 e. The van der Waals surface area contributed by atoms with Gasteiger partial charge < -0.3 is 15.7 Å². The molecule has 7 heteroatoms. The van der Waals surface area contributed by atoms with E-state index in [2.05, 4.69) is 22.8 Å². The van der Waals surface area contributed by atoms with Crippen molar-refractivity contribution in [2.45, 2.75) is 63.8 Å². The van der Waals surface area contributed by atoms with Crippen LogP contribution in [0.4, 0.5) is 5.82 Å². The van der Waals surface area contributed by atoms with Crippen LogP contribution in [0.1, 0.15) is 66.6 Å². The number of carboxylic acids is 1. The molecule has 1 aliphatic rings. The predicted molar refractivity (Wildman–Crippen MR) is 123 cm³/mol. The van der Waals surface area contributed by atoms with E-state index in [-0.39, 0.29) is 0 Å². The highest BCUT2D eigenvalue weighted by Crippen LogP contribution is 2.20. The molecule has 3 N–H and O–H groups in total. The molecule has 0 radical (unpaired) electrons. The molecule has 1 amide bonds. The Labute approximate surface area is 188 Å². The molecule has 0 aliphatic carbocycles. The number of fused-ring (bicyclic) bond motifs is 1. The number of nitrogens with one attached hydrogen (secondary N) is 2. The summed E-state index contributed by atoms with van der Waals surface area (Å²) >= 11 is 5.82. The van der Waals surface area contributed by atoms with E-state index < -0.39 is 17.9 Å². The molecule has 6 nitrogen and oxygen atoms in total. The number of aryl methyl sites for hydroxylation is 2. The molecule has 3 rings (SSSR count). The minimum absolute atomic E-state index is 0.392. The van der Waals surface area contributed by atoms with E-state index in [0.29, 0.717) is 17.0 Å². The summed E-state index contributed by atoms with van der Waals surface area (Å²) in [6.45, 7) is 1.00. The molecular formula is C24H30ClN3O3. The smallest absolute Gasteiger partial charge is 0.326 e. The number of unbranched alkanes of at least 4 members (excludes halogenated alkanes) is 4. The van der Waals surface area contributed by atoms with Gasteiger partial charge >= 0.3 is 5.97 Å². The number of pyridine rings is 1. The Balaban J connectivity index is 1.32. The van der Waals surface area contributed by atoms with E-state index in [9.17, 15) is 14.7 Å². The number of rotatable bonds is 11. The summed E-state index contributed by atoms with van der Waals surface area (Å²) < 4.78 is 0. The lowest BCUT2D eigenvalue weighted by atomic mass is 10.0. The second kappa shape index (κ2) is 11.7. The van der Waals surface area contributed by atoms with Crippen LogP contribution in [0.25, 0.3) is 0 Å². The van der Waals surface area contributed by atoms with Gasteiger partial charge in [0.1, 0.15) is 11.9 Å². The SMILES string of the molecule is O=C(NC(CCCCCCCc1ccc2c(n1)NCCC2)C(=O)O)c1ccc(Cl)cc1. The van der Waals surface area contributed by atoms with E-state index in [0.717, 1.165) is 63.0 Å². The zero-order valence-corrected chi connectivity index (χ0v) is 18.5. The van der Waals surface area contributed by atoms with E-state index in [4.69, 9.17) is 16.6 Å². The zero-order chi connectivity index (χ0) is 22.1. The molecule has 1 aromatic carbocycles. The van der Waals surface area contributed by atoms with Crippen molar-refractivity contribution in [3.8, 4) is 0 Å². The third-order valence-corrected chi connectivity index (χ3v) is 5.84. The van der Waals surface area contributed by atoms with E-state index in [1.54, 1.807) is 24.3 Å². The van der Waals surface area contributed by atoms with Gasteiger partial charge in [-0.05, 0) is 68.0 Å². The number of amides is 1. The first-order valence-electron chi connectivity index (χ1n) is 11.0. The average molecular weight is 444 g/mol. The second-order valence-corrected chi connectivity index (χ2v) is 8.45. The Kier molecular flexibility index (Phi) is 8.71. The number of hydrogen-bond acceptors (Lipinski definition) is 4. The topological polar surface area (TPSA) is 91.3 Å². The van der Waals surface area contributed by atoms with Gasteiger partial charge in [0.2, 0.25) is 0 Å². The van der Waals surface area contributed by atoms with Crippen molar-refractivity contribution in [3.05, 3.63) is 58.2 Å². The van der Waals surface area contributed by atoms with Crippen LogP contribution >= 0.6 is 11.6 Å². The number of aromatic nitrogens is 1. The number of nitrogens with zero attached hydrogens (tertiary/aromatic N) is 1. The fourth-order valence-electron chi connectivity index (χ4n) is 3.79. The maximum atomic E-state index is 12.2. The molecule has 166 valence electrons. The lowest BCUT2D eigenvalue weighted by Gasteiger charge is -2.17. The standard InChI is InChI=1S/C24H30ClN3O3/c25-19-13-10-18(11-14-19)23(29)28-21(24(30)31)9-5-3-1-2-4-8-20-15-12-17-7-6-16-26-22(17)27-20/h10-15,21H,1-9,16H2,(H,26,27)(H,28,29)(H,30,31). The minimum atomic E-state index is -1.01. The third-order valence-electron chi connectivity index (χ3n) is 5.59. The molecule has 1 aliphatic heterocycles. The predicted octanol–water partition coefficient (Wildman–Crippen LogP) is 4.86. The molecule has 31 heavy (non-hydrogen) atoms. The van der Waals surface area contributed by atoms with Crippen molar-refractivity contribution in [2.24, 2.45) is 0 Å². The maximum absolute atomic E-state index is 12.2. The molecule has 1 aromatic heterocycles. The van der Waals surface area contributed by atoms with Crippen LogP contribution < -0.4 is 10.6 Å². The highest BCUT2D eigenvalue weighted by Gasteiger charge is 2.20. The summed E-state index contributed by atoms with van der Waals surface area (Å²) in [6.07, 6.45) is 8.56. The van der Waals surface area contributed by atoms with Crippen molar-refractivity contribution in [1.82, 2.24) is 10.3 Å². The molecular weight excluding hydrogens is 414 g/mol. The van der Waals surface area contributed by atoms with Gasteiger partial charge in [0, 0.05) is 22.8 Å². The van der Waals surface area contributed by atoms with Gasteiger partial charge in [-0.15, -0.1) is 0 Å². The molecule has 1 unspecified atom stereocenters. The fraction of sp³-hybridized carbons (Fsp3) is 0.458. The molecule has 0 bridgehead atoms. The Hall–Kier alpha value is -2.60. The van der Waals surface area contributed by atoms with Gasteiger partial charge in [0.15, 0.2) is 0 Å². The van der Waals surface area contributed by atoms with Crippen LogP contribution in [0.2, 0.25) is 5.02 Å². The van der Waals surface area contributed by atoms with Gasteiger partial charge in [0.25, 0.3) is 5.91 Å². The first-order chi connectivity index (χ1) is 15.0. The highest BCUT2D eigenvalue weighted by atomic mass is 35.5. The van der Waals surface area contributed by atoms with Gasteiger partial charge in [-0.3, -0.25) is 4.79 Å². The van der Waals surface area contributed by atoms with Crippen molar-refractivity contribution >= 4 is 29.3 Å². The Bertz CT molecular complexity index is 886. The number of carbonyl (C=O) groups excluding carboxylic acids is 1. The summed E-state index contributed by atoms with van der Waals surface area (Å²) in [5.41, 5.74) is 2.84. The normalized spacial score (nSPS) is 13.7. The van der Waals surface area contributed by atoms with Crippen molar-refractivity contribution < 1.29 is 14.7 Å². The third kappa shape index (κ3) is 7.24. The van der Waals surface area contributed by atoms with E-state index in [1.165, 1.54) is 12.0 Å². The van der Waals surface area contributed by atoms with Crippen LogP contribution in [0.5, 0.6) is 0 Å². The number of hydrogen-bond donors (Lipinski definition) is 3. The summed E-state index contributed by atoms with van der Waals surface area (Å²) in [5, 5.41) is 15.9. The Morgan fingerprint density at radius 2 is 1.81 bits per heavy atom. The van der Waals surface area contributed by atoms with Gasteiger partial charge in [0.05, 0.1) is 0 Å². The first kappa shape index (κ1) is 23.1. The van der Waals surface area contributed by atoms with Gasteiger partial charge in [-0.1, -0.05) is 43.4 Å².